The highest BCUT2D eigenvalue weighted by molar-refractivity contribution is 5.97. The standard InChI is InChI=1S/C12H12O3/c1-4-8-6-5-7-9-10(8)11(13)15-12(2,3)14-9/h4-7H,1H2,2-3H3. The first-order valence-electron chi connectivity index (χ1n) is 4.71. The molecule has 2 rings (SSSR count). The molecule has 78 valence electrons. The molecular weight excluding hydrogens is 192 g/mol. The summed E-state index contributed by atoms with van der Waals surface area (Å²) in [7, 11) is 0. The minimum atomic E-state index is -0.899. The molecule has 1 heterocycles. The summed E-state index contributed by atoms with van der Waals surface area (Å²) in [4.78, 5) is 11.7. The first-order valence-corrected chi connectivity index (χ1v) is 4.71. The number of hydrogen-bond donors (Lipinski definition) is 0. The van der Waals surface area contributed by atoms with Crippen LogP contribution in [0, 0.1) is 0 Å². The third-order valence-electron chi connectivity index (χ3n) is 2.18. The minimum Gasteiger partial charge on any atom is -0.452 e. The van der Waals surface area contributed by atoms with E-state index in [0.717, 1.165) is 5.56 Å². The summed E-state index contributed by atoms with van der Waals surface area (Å²) in [5.74, 6) is -0.713. The lowest BCUT2D eigenvalue weighted by molar-refractivity contribution is -0.127. The van der Waals surface area contributed by atoms with Gasteiger partial charge in [-0.05, 0) is 11.6 Å². The Morgan fingerprint density at radius 2 is 2.07 bits per heavy atom. The lowest BCUT2D eigenvalue weighted by Crippen LogP contribution is -2.39. The van der Waals surface area contributed by atoms with Crippen molar-refractivity contribution in [2.45, 2.75) is 19.6 Å². The van der Waals surface area contributed by atoms with E-state index in [-0.39, 0.29) is 5.97 Å². The van der Waals surface area contributed by atoms with Gasteiger partial charge in [0.05, 0.1) is 0 Å². The highest BCUT2D eigenvalue weighted by Gasteiger charge is 2.34. The SMILES string of the molecule is C=Cc1cccc2c1C(=O)OC(C)(C)O2. The average molecular weight is 204 g/mol. The summed E-state index contributed by atoms with van der Waals surface area (Å²) in [5, 5.41) is 0. The zero-order valence-corrected chi connectivity index (χ0v) is 8.74. The summed E-state index contributed by atoms with van der Waals surface area (Å²) >= 11 is 0. The van der Waals surface area contributed by atoms with Gasteiger partial charge < -0.3 is 9.47 Å². The Bertz CT molecular complexity index is 432. The van der Waals surface area contributed by atoms with Crippen LogP contribution in [0.2, 0.25) is 0 Å². The number of hydrogen-bond acceptors (Lipinski definition) is 3. The molecule has 1 aromatic rings. The van der Waals surface area contributed by atoms with E-state index in [1.54, 1.807) is 32.1 Å². The second-order valence-electron chi connectivity index (χ2n) is 3.82. The van der Waals surface area contributed by atoms with Crippen molar-refractivity contribution in [3.05, 3.63) is 35.9 Å². The summed E-state index contributed by atoms with van der Waals surface area (Å²) < 4.78 is 10.7. The van der Waals surface area contributed by atoms with Crippen LogP contribution in [-0.2, 0) is 4.74 Å². The van der Waals surface area contributed by atoms with E-state index < -0.39 is 5.79 Å². The monoisotopic (exact) mass is 204 g/mol. The Balaban J connectivity index is 2.59. The second kappa shape index (κ2) is 3.12. The molecule has 15 heavy (non-hydrogen) atoms. The Morgan fingerprint density at radius 1 is 1.33 bits per heavy atom. The molecule has 3 heteroatoms. The fraction of sp³-hybridized carbons (Fsp3) is 0.250. The number of esters is 1. The van der Waals surface area contributed by atoms with E-state index >= 15 is 0 Å². The quantitative estimate of drug-likeness (QED) is 0.659. The van der Waals surface area contributed by atoms with Crippen LogP contribution in [0.3, 0.4) is 0 Å². The van der Waals surface area contributed by atoms with E-state index in [0.29, 0.717) is 11.3 Å². The van der Waals surface area contributed by atoms with Crippen molar-refractivity contribution in [2.24, 2.45) is 0 Å². The van der Waals surface area contributed by atoms with Gasteiger partial charge in [-0.3, -0.25) is 0 Å². The summed E-state index contributed by atoms with van der Waals surface area (Å²) in [6.07, 6.45) is 1.61. The Labute approximate surface area is 88.3 Å². The fourth-order valence-electron chi connectivity index (χ4n) is 1.58. The van der Waals surface area contributed by atoms with Gasteiger partial charge in [-0.15, -0.1) is 0 Å². The topological polar surface area (TPSA) is 35.5 Å². The maximum atomic E-state index is 11.7. The first-order chi connectivity index (χ1) is 7.03. The van der Waals surface area contributed by atoms with E-state index in [4.69, 9.17) is 9.47 Å². The normalized spacial score (nSPS) is 17.3. The number of carbonyl (C=O) groups excluding carboxylic acids is 1. The largest absolute Gasteiger partial charge is 0.452 e. The summed E-state index contributed by atoms with van der Waals surface area (Å²) in [5.41, 5.74) is 1.18. The fourth-order valence-corrected chi connectivity index (χ4v) is 1.58. The Hall–Kier alpha value is -1.77. The van der Waals surface area contributed by atoms with Gasteiger partial charge in [-0.25, -0.2) is 4.79 Å². The molecule has 0 saturated carbocycles. The molecule has 0 fully saturated rings. The van der Waals surface area contributed by atoms with Crippen molar-refractivity contribution in [3.63, 3.8) is 0 Å². The highest BCUT2D eigenvalue weighted by atomic mass is 16.7. The second-order valence-corrected chi connectivity index (χ2v) is 3.82. The lowest BCUT2D eigenvalue weighted by Gasteiger charge is -2.32. The molecule has 0 saturated heterocycles. The Kier molecular flexibility index (Phi) is 2.03. The number of carbonyl (C=O) groups is 1. The molecule has 1 aromatic carbocycles. The third kappa shape index (κ3) is 1.61. The number of benzene rings is 1. The highest BCUT2D eigenvalue weighted by Crippen LogP contribution is 2.33. The average Bonchev–Trinajstić information content (AvgIpc) is 2.14. The van der Waals surface area contributed by atoms with Crippen molar-refractivity contribution in [1.82, 2.24) is 0 Å². The summed E-state index contributed by atoms with van der Waals surface area (Å²) in [6.45, 7) is 7.05. The van der Waals surface area contributed by atoms with Gasteiger partial charge in [0.1, 0.15) is 11.3 Å². The molecule has 0 radical (unpaired) electrons. The molecule has 0 N–H and O–H groups in total. The third-order valence-corrected chi connectivity index (χ3v) is 2.18. The van der Waals surface area contributed by atoms with Crippen molar-refractivity contribution in [2.75, 3.05) is 0 Å². The van der Waals surface area contributed by atoms with Gasteiger partial charge >= 0.3 is 5.97 Å². The van der Waals surface area contributed by atoms with Crippen LogP contribution < -0.4 is 4.74 Å². The zero-order valence-electron chi connectivity index (χ0n) is 8.74. The predicted molar refractivity (Wildman–Crippen MR) is 56.7 cm³/mol. The van der Waals surface area contributed by atoms with Gasteiger partial charge in [0.25, 0.3) is 0 Å². The van der Waals surface area contributed by atoms with Crippen LogP contribution in [0.15, 0.2) is 24.8 Å². The van der Waals surface area contributed by atoms with E-state index in [1.165, 1.54) is 0 Å². The van der Waals surface area contributed by atoms with Crippen molar-refractivity contribution >= 4 is 12.0 Å². The maximum absolute atomic E-state index is 11.7. The molecule has 0 unspecified atom stereocenters. The lowest BCUT2D eigenvalue weighted by atomic mass is 10.1. The van der Waals surface area contributed by atoms with Gasteiger partial charge in [0.15, 0.2) is 0 Å². The van der Waals surface area contributed by atoms with Gasteiger partial charge in [0.2, 0.25) is 5.79 Å². The molecule has 3 nitrogen and oxygen atoms in total. The maximum Gasteiger partial charge on any atom is 0.345 e. The summed E-state index contributed by atoms with van der Waals surface area (Å²) in [6, 6.07) is 5.38. The van der Waals surface area contributed by atoms with Crippen LogP contribution in [0.4, 0.5) is 0 Å². The molecule has 0 atom stereocenters. The van der Waals surface area contributed by atoms with Gasteiger partial charge in [0, 0.05) is 13.8 Å². The zero-order chi connectivity index (χ0) is 11.1. The van der Waals surface area contributed by atoms with Crippen LogP contribution in [0.5, 0.6) is 5.75 Å². The van der Waals surface area contributed by atoms with E-state index in [2.05, 4.69) is 6.58 Å². The smallest absolute Gasteiger partial charge is 0.345 e. The minimum absolute atomic E-state index is 0.364. The van der Waals surface area contributed by atoms with Crippen LogP contribution >= 0.6 is 0 Å². The van der Waals surface area contributed by atoms with E-state index in [1.807, 2.05) is 6.07 Å². The Morgan fingerprint density at radius 3 is 2.73 bits per heavy atom. The molecule has 0 spiro atoms. The molecular formula is C12H12O3. The number of fused-ring (bicyclic) bond motifs is 1. The number of cyclic esters (lactones) is 1. The van der Waals surface area contributed by atoms with Crippen LogP contribution in [-0.4, -0.2) is 11.8 Å². The van der Waals surface area contributed by atoms with E-state index in [9.17, 15) is 4.79 Å². The predicted octanol–water partition coefficient (Wildman–Crippen LogP) is 2.61. The van der Waals surface area contributed by atoms with Gasteiger partial charge in [-0.1, -0.05) is 24.8 Å². The number of ether oxygens (including phenoxy) is 2. The van der Waals surface area contributed by atoms with Crippen LogP contribution in [0.1, 0.15) is 29.8 Å². The van der Waals surface area contributed by atoms with Crippen molar-refractivity contribution < 1.29 is 14.3 Å². The first kappa shape index (κ1) is 9.77. The molecule has 0 bridgehead atoms. The molecule has 0 amide bonds. The van der Waals surface area contributed by atoms with Crippen LogP contribution in [0.25, 0.3) is 6.08 Å². The number of rotatable bonds is 1. The van der Waals surface area contributed by atoms with Crippen molar-refractivity contribution in [1.29, 1.82) is 0 Å². The molecule has 0 aliphatic carbocycles. The van der Waals surface area contributed by atoms with Gasteiger partial charge in [-0.2, -0.15) is 0 Å². The van der Waals surface area contributed by atoms with Crippen molar-refractivity contribution in [3.8, 4) is 5.75 Å². The molecule has 0 aromatic heterocycles. The molecule has 1 aliphatic heterocycles. The molecule has 1 aliphatic rings.